The molecular formula is C16H17N3O3S. The first-order valence-corrected chi connectivity index (χ1v) is 8.21. The number of nitrogens with one attached hydrogen (secondary N) is 1. The van der Waals surface area contributed by atoms with Gasteiger partial charge in [0, 0.05) is 24.0 Å². The van der Waals surface area contributed by atoms with Crippen LogP contribution in [0.5, 0.6) is 0 Å². The molecule has 1 aliphatic rings. The third-order valence-corrected chi connectivity index (χ3v) is 4.31. The Balaban J connectivity index is 2.10. The lowest BCUT2D eigenvalue weighted by molar-refractivity contribution is -0.137. The number of thioether (sulfide) groups is 1. The number of ketones is 1. The van der Waals surface area contributed by atoms with E-state index in [1.165, 1.54) is 25.1 Å². The van der Waals surface area contributed by atoms with Gasteiger partial charge in [-0.25, -0.2) is 4.98 Å². The fraction of sp³-hybridized carbons (Fsp3) is 0.375. The number of Topliss-reactive ketones (excluding diaryl/α,β-unsaturated/α-hetero) is 1. The lowest BCUT2D eigenvalue weighted by atomic mass is 9.99. The second kappa shape index (κ2) is 8.34. The molecule has 7 heteroatoms. The number of rotatable bonds is 5. The number of nitriles is 1. The first-order chi connectivity index (χ1) is 11.2. The predicted octanol–water partition coefficient (Wildman–Crippen LogP) is 2.08. The van der Waals surface area contributed by atoms with Crippen LogP contribution < -0.4 is 5.32 Å². The van der Waals surface area contributed by atoms with Gasteiger partial charge in [0.05, 0.1) is 17.9 Å². The fourth-order valence-corrected chi connectivity index (χ4v) is 2.83. The van der Waals surface area contributed by atoms with Gasteiger partial charge < -0.3 is 10.1 Å². The van der Waals surface area contributed by atoms with Gasteiger partial charge in [-0.1, -0.05) is 11.8 Å². The van der Waals surface area contributed by atoms with Crippen LogP contribution in [0.25, 0.3) is 0 Å². The number of carbonyl (C=O) groups is 2. The maximum atomic E-state index is 12.5. The van der Waals surface area contributed by atoms with Gasteiger partial charge in [-0.15, -0.1) is 0 Å². The number of hydrogen-bond donors (Lipinski definition) is 1. The molecule has 0 amide bonds. The van der Waals surface area contributed by atoms with E-state index < -0.39 is 0 Å². The topological polar surface area (TPSA) is 92.1 Å². The number of carbonyl (C=O) groups excluding carboxylic acids is 2. The van der Waals surface area contributed by atoms with Crippen molar-refractivity contribution in [3.8, 4) is 6.07 Å². The van der Waals surface area contributed by atoms with Crippen LogP contribution in [0, 0.1) is 11.3 Å². The molecule has 6 nitrogen and oxygen atoms in total. The van der Waals surface area contributed by atoms with E-state index in [1.54, 1.807) is 12.1 Å². The number of aromatic nitrogens is 1. The molecule has 120 valence electrons. The number of piperidine rings is 1. The number of hydrogen-bond acceptors (Lipinski definition) is 7. The Morgan fingerprint density at radius 3 is 2.83 bits per heavy atom. The molecule has 1 aliphatic heterocycles. The summed E-state index contributed by atoms with van der Waals surface area (Å²) in [6, 6.07) is 5.29. The minimum atomic E-state index is -0.336. The van der Waals surface area contributed by atoms with Crippen molar-refractivity contribution in [2.45, 2.75) is 24.3 Å². The monoisotopic (exact) mass is 331 g/mol. The lowest BCUT2D eigenvalue weighted by Crippen LogP contribution is -2.23. The predicted molar refractivity (Wildman–Crippen MR) is 85.8 cm³/mol. The van der Waals surface area contributed by atoms with Crippen molar-refractivity contribution in [1.29, 1.82) is 5.26 Å². The van der Waals surface area contributed by atoms with Gasteiger partial charge in [0.15, 0.2) is 0 Å². The second-order valence-corrected chi connectivity index (χ2v) is 5.92. The summed E-state index contributed by atoms with van der Waals surface area (Å²) in [7, 11) is 1.33. The average molecular weight is 331 g/mol. The number of pyridine rings is 1. The Hall–Kier alpha value is -2.33. The Morgan fingerprint density at radius 2 is 2.26 bits per heavy atom. The summed E-state index contributed by atoms with van der Waals surface area (Å²) < 4.78 is 4.56. The van der Waals surface area contributed by atoms with Crippen LogP contribution in [0.4, 0.5) is 0 Å². The number of allylic oxidation sites excluding steroid dienone is 2. The summed E-state index contributed by atoms with van der Waals surface area (Å²) in [5.74, 6) is -0.500. The van der Waals surface area contributed by atoms with E-state index in [0.29, 0.717) is 16.3 Å². The third kappa shape index (κ3) is 4.57. The van der Waals surface area contributed by atoms with Crippen LogP contribution in [-0.4, -0.2) is 36.1 Å². The normalized spacial score (nSPS) is 16.0. The van der Waals surface area contributed by atoms with Gasteiger partial charge in [-0.3, -0.25) is 9.59 Å². The van der Waals surface area contributed by atoms with E-state index in [0.717, 1.165) is 25.8 Å². The van der Waals surface area contributed by atoms with Gasteiger partial charge in [0.2, 0.25) is 5.78 Å². The Morgan fingerprint density at radius 1 is 1.43 bits per heavy atom. The van der Waals surface area contributed by atoms with E-state index >= 15 is 0 Å². The molecular weight excluding hydrogens is 314 g/mol. The van der Waals surface area contributed by atoms with Crippen LogP contribution in [0.15, 0.2) is 34.6 Å². The molecule has 2 heterocycles. The molecule has 0 saturated carbocycles. The number of nitrogens with zero attached hydrogens (tertiary/aromatic N) is 2. The van der Waals surface area contributed by atoms with Crippen molar-refractivity contribution in [3.63, 3.8) is 0 Å². The van der Waals surface area contributed by atoms with Crippen molar-refractivity contribution >= 4 is 23.5 Å². The first kappa shape index (κ1) is 17.0. The van der Waals surface area contributed by atoms with Gasteiger partial charge in [0.25, 0.3) is 0 Å². The summed E-state index contributed by atoms with van der Waals surface area (Å²) in [5.41, 5.74) is 1.23. The highest BCUT2D eigenvalue weighted by Gasteiger charge is 2.19. The molecule has 1 fully saturated rings. The largest absolute Gasteiger partial charge is 0.468 e. The summed E-state index contributed by atoms with van der Waals surface area (Å²) >= 11 is 1.23. The van der Waals surface area contributed by atoms with Crippen LogP contribution in [-0.2, 0) is 9.53 Å². The molecule has 0 atom stereocenters. The summed E-state index contributed by atoms with van der Waals surface area (Å²) in [5, 5.41) is 13.0. The molecule has 0 aromatic carbocycles. The standard InChI is InChI=1S/C16H17N3O3S/c1-22-15(20)10-23-14-6-5-11(9-19-14)16(21)12(8-17)13-4-2-3-7-18-13/h5-6,9,18H,2-4,7,10H2,1H3/b13-12+. The minimum Gasteiger partial charge on any atom is -0.468 e. The van der Waals surface area contributed by atoms with Gasteiger partial charge in [0.1, 0.15) is 11.6 Å². The quantitative estimate of drug-likeness (QED) is 0.290. The number of ether oxygens (including phenoxy) is 1. The molecule has 1 aromatic heterocycles. The lowest BCUT2D eigenvalue weighted by Gasteiger charge is -2.17. The average Bonchev–Trinajstić information content (AvgIpc) is 2.61. The van der Waals surface area contributed by atoms with Gasteiger partial charge in [-0.2, -0.15) is 5.26 Å². The third-order valence-electron chi connectivity index (χ3n) is 3.40. The van der Waals surface area contributed by atoms with Crippen molar-refractivity contribution in [2.24, 2.45) is 0 Å². The molecule has 0 bridgehead atoms. The zero-order valence-corrected chi connectivity index (χ0v) is 13.6. The van der Waals surface area contributed by atoms with Crippen LogP contribution in [0.3, 0.4) is 0 Å². The Kier molecular flexibility index (Phi) is 6.18. The maximum Gasteiger partial charge on any atom is 0.316 e. The summed E-state index contributed by atoms with van der Waals surface area (Å²) in [4.78, 5) is 27.7. The van der Waals surface area contributed by atoms with Crippen molar-refractivity contribution in [3.05, 3.63) is 35.2 Å². The smallest absolute Gasteiger partial charge is 0.316 e. The summed E-state index contributed by atoms with van der Waals surface area (Å²) in [6.07, 6.45) is 4.17. The highest BCUT2D eigenvalue weighted by Crippen LogP contribution is 2.20. The van der Waals surface area contributed by atoms with E-state index in [-0.39, 0.29) is 23.1 Å². The van der Waals surface area contributed by atoms with E-state index in [4.69, 9.17) is 0 Å². The minimum absolute atomic E-state index is 0.154. The van der Waals surface area contributed by atoms with Crippen molar-refractivity contribution in [2.75, 3.05) is 19.4 Å². The molecule has 23 heavy (non-hydrogen) atoms. The fourth-order valence-electron chi connectivity index (χ4n) is 2.16. The van der Waals surface area contributed by atoms with Crippen molar-refractivity contribution < 1.29 is 14.3 Å². The molecule has 0 radical (unpaired) electrons. The number of esters is 1. The van der Waals surface area contributed by atoms with Crippen LogP contribution >= 0.6 is 11.8 Å². The van der Waals surface area contributed by atoms with Crippen LogP contribution in [0.1, 0.15) is 29.6 Å². The zero-order valence-electron chi connectivity index (χ0n) is 12.8. The van der Waals surface area contributed by atoms with Crippen LogP contribution in [0.2, 0.25) is 0 Å². The Labute approximate surface area is 138 Å². The SMILES string of the molecule is COC(=O)CSc1ccc(C(=O)/C(C#N)=C2\CCCCN2)cn1. The van der Waals surface area contributed by atoms with Gasteiger partial charge in [-0.05, 0) is 31.4 Å². The molecule has 0 aliphatic carbocycles. The van der Waals surface area contributed by atoms with E-state index in [2.05, 4.69) is 15.0 Å². The van der Waals surface area contributed by atoms with E-state index in [9.17, 15) is 14.9 Å². The molecule has 1 saturated heterocycles. The van der Waals surface area contributed by atoms with Crippen molar-refractivity contribution in [1.82, 2.24) is 10.3 Å². The molecule has 1 aromatic rings. The first-order valence-electron chi connectivity index (χ1n) is 7.23. The second-order valence-electron chi connectivity index (χ2n) is 4.93. The molecule has 1 N–H and O–H groups in total. The number of methoxy groups -OCH3 is 1. The molecule has 2 rings (SSSR count). The molecule has 0 unspecified atom stereocenters. The highest BCUT2D eigenvalue weighted by atomic mass is 32.2. The summed E-state index contributed by atoms with van der Waals surface area (Å²) in [6.45, 7) is 0.787. The zero-order chi connectivity index (χ0) is 16.7. The van der Waals surface area contributed by atoms with E-state index in [1.807, 2.05) is 6.07 Å². The maximum absolute atomic E-state index is 12.5. The Bertz CT molecular complexity index is 654. The highest BCUT2D eigenvalue weighted by molar-refractivity contribution is 7.99. The van der Waals surface area contributed by atoms with Gasteiger partial charge >= 0.3 is 5.97 Å². The molecule has 0 spiro atoms.